The van der Waals surface area contributed by atoms with Gasteiger partial charge in [0, 0.05) is 6.20 Å². The van der Waals surface area contributed by atoms with Gasteiger partial charge in [-0.15, -0.1) is 0 Å². The van der Waals surface area contributed by atoms with E-state index < -0.39 is 5.97 Å². The molecular weight excluding hydrogens is 266 g/mol. The van der Waals surface area contributed by atoms with E-state index in [1.165, 1.54) is 0 Å². The molecule has 0 radical (unpaired) electrons. The average Bonchev–Trinajstić information content (AvgIpc) is 2.85. The molecule has 3 aromatic rings. The third-order valence-corrected chi connectivity index (χ3v) is 2.99. The highest BCUT2D eigenvalue weighted by molar-refractivity contribution is 6.32. The Labute approximate surface area is 113 Å². The molecule has 19 heavy (non-hydrogen) atoms. The van der Waals surface area contributed by atoms with Gasteiger partial charge >= 0.3 is 5.97 Å². The molecule has 1 aromatic carbocycles. The largest absolute Gasteiger partial charge is 0.461 e. The van der Waals surface area contributed by atoms with Crippen molar-refractivity contribution in [1.82, 2.24) is 14.4 Å². The Kier molecular flexibility index (Phi) is 2.83. The molecule has 0 unspecified atom stereocenters. The Bertz CT molecular complexity index is 782. The number of halogens is 1. The standard InChI is InChI=1S/C13H10ClN3O2/c1-2-19-13(18)9-7-17-10-6-4-3-5-8(10)15-11(14)12(17)16-9/h3-7H,2H2,1H3. The van der Waals surface area contributed by atoms with E-state index in [0.29, 0.717) is 12.3 Å². The molecule has 6 heteroatoms. The van der Waals surface area contributed by atoms with E-state index >= 15 is 0 Å². The first-order chi connectivity index (χ1) is 9.20. The van der Waals surface area contributed by atoms with Gasteiger partial charge in [-0.3, -0.25) is 4.40 Å². The highest BCUT2D eigenvalue weighted by Gasteiger charge is 2.15. The first kappa shape index (κ1) is 11.9. The van der Waals surface area contributed by atoms with Gasteiger partial charge in [0.2, 0.25) is 0 Å². The van der Waals surface area contributed by atoms with E-state index in [4.69, 9.17) is 16.3 Å². The topological polar surface area (TPSA) is 56.5 Å². The van der Waals surface area contributed by atoms with Gasteiger partial charge in [-0.1, -0.05) is 23.7 Å². The SMILES string of the molecule is CCOC(=O)c1cn2c(n1)c(Cl)nc1ccccc12. The van der Waals surface area contributed by atoms with Crippen molar-refractivity contribution in [3.63, 3.8) is 0 Å². The second kappa shape index (κ2) is 4.51. The minimum atomic E-state index is -0.466. The molecule has 0 aliphatic heterocycles. The Hall–Kier alpha value is -2.14. The molecule has 2 heterocycles. The first-order valence-electron chi connectivity index (χ1n) is 5.81. The second-order valence-electron chi connectivity index (χ2n) is 3.93. The van der Waals surface area contributed by atoms with Crippen LogP contribution in [0.2, 0.25) is 5.15 Å². The van der Waals surface area contributed by atoms with Gasteiger partial charge in [0.1, 0.15) is 0 Å². The molecule has 0 saturated carbocycles. The minimum Gasteiger partial charge on any atom is -0.461 e. The summed E-state index contributed by atoms with van der Waals surface area (Å²) in [5, 5.41) is 0.259. The predicted octanol–water partition coefficient (Wildman–Crippen LogP) is 2.71. The molecule has 0 atom stereocenters. The van der Waals surface area contributed by atoms with E-state index in [0.717, 1.165) is 11.0 Å². The van der Waals surface area contributed by atoms with Gasteiger partial charge in [0.25, 0.3) is 0 Å². The molecule has 0 amide bonds. The molecule has 0 aliphatic carbocycles. The first-order valence-corrected chi connectivity index (χ1v) is 6.19. The maximum Gasteiger partial charge on any atom is 0.358 e. The van der Waals surface area contributed by atoms with E-state index in [9.17, 15) is 4.79 Å². The third kappa shape index (κ3) is 1.92. The number of esters is 1. The van der Waals surface area contributed by atoms with Crippen molar-refractivity contribution in [2.75, 3.05) is 6.61 Å². The number of carbonyl (C=O) groups is 1. The van der Waals surface area contributed by atoms with Gasteiger partial charge in [0.05, 0.1) is 17.6 Å². The van der Waals surface area contributed by atoms with E-state index in [1.54, 1.807) is 17.5 Å². The summed E-state index contributed by atoms with van der Waals surface area (Å²) in [6.45, 7) is 2.05. The van der Waals surface area contributed by atoms with Crippen LogP contribution in [-0.4, -0.2) is 26.9 Å². The maximum absolute atomic E-state index is 11.7. The number of imidazole rings is 1. The number of hydrogen-bond donors (Lipinski definition) is 0. The lowest BCUT2D eigenvalue weighted by atomic mass is 10.3. The summed E-state index contributed by atoms with van der Waals surface area (Å²) < 4.78 is 6.68. The molecule has 0 aliphatic rings. The minimum absolute atomic E-state index is 0.224. The number of para-hydroxylation sites is 2. The fraction of sp³-hybridized carbons (Fsp3) is 0.154. The lowest BCUT2D eigenvalue weighted by Gasteiger charge is -2.01. The summed E-state index contributed by atoms with van der Waals surface area (Å²) in [4.78, 5) is 20.1. The van der Waals surface area contributed by atoms with Crippen molar-refractivity contribution >= 4 is 34.3 Å². The molecular formula is C13H10ClN3O2. The van der Waals surface area contributed by atoms with Gasteiger partial charge in [-0.2, -0.15) is 0 Å². The molecule has 0 N–H and O–H groups in total. The summed E-state index contributed by atoms with van der Waals surface area (Å²) in [7, 11) is 0. The Balaban J connectivity index is 2.29. The number of hydrogen-bond acceptors (Lipinski definition) is 4. The zero-order chi connectivity index (χ0) is 13.4. The molecule has 3 rings (SSSR count). The van der Waals surface area contributed by atoms with Crippen LogP contribution in [0.1, 0.15) is 17.4 Å². The number of rotatable bonds is 2. The van der Waals surface area contributed by atoms with Crippen molar-refractivity contribution in [3.05, 3.63) is 41.3 Å². The number of ether oxygens (including phenoxy) is 1. The number of aromatic nitrogens is 3. The van der Waals surface area contributed by atoms with Gasteiger partial charge in [0.15, 0.2) is 16.5 Å². The summed E-state index contributed by atoms with van der Waals surface area (Å²) in [5.74, 6) is -0.466. The van der Waals surface area contributed by atoms with Crippen LogP contribution in [0.25, 0.3) is 16.7 Å². The van der Waals surface area contributed by atoms with E-state index in [2.05, 4.69) is 9.97 Å². The highest BCUT2D eigenvalue weighted by atomic mass is 35.5. The third-order valence-electron chi connectivity index (χ3n) is 2.73. The summed E-state index contributed by atoms with van der Waals surface area (Å²) in [6.07, 6.45) is 1.61. The van der Waals surface area contributed by atoms with E-state index in [-0.39, 0.29) is 10.8 Å². The quantitative estimate of drug-likeness (QED) is 0.675. The van der Waals surface area contributed by atoms with Crippen molar-refractivity contribution < 1.29 is 9.53 Å². The normalized spacial score (nSPS) is 11.1. The van der Waals surface area contributed by atoms with Gasteiger partial charge in [-0.05, 0) is 19.1 Å². The second-order valence-corrected chi connectivity index (χ2v) is 4.29. The fourth-order valence-electron chi connectivity index (χ4n) is 1.93. The smallest absolute Gasteiger partial charge is 0.358 e. The number of nitrogens with zero attached hydrogens (tertiary/aromatic N) is 3. The van der Waals surface area contributed by atoms with Crippen LogP contribution in [0.15, 0.2) is 30.5 Å². The molecule has 0 saturated heterocycles. The van der Waals surface area contributed by atoms with Crippen LogP contribution in [0.5, 0.6) is 0 Å². The van der Waals surface area contributed by atoms with Crippen LogP contribution >= 0.6 is 11.6 Å². The zero-order valence-electron chi connectivity index (χ0n) is 10.1. The lowest BCUT2D eigenvalue weighted by molar-refractivity contribution is 0.0520. The molecule has 5 nitrogen and oxygen atoms in total. The molecule has 0 fully saturated rings. The summed E-state index contributed by atoms with van der Waals surface area (Å²) in [5.41, 5.74) is 2.25. The van der Waals surface area contributed by atoms with Gasteiger partial charge < -0.3 is 4.74 Å². The fourth-order valence-corrected chi connectivity index (χ4v) is 2.16. The highest BCUT2D eigenvalue weighted by Crippen LogP contribution is 2.21. The van der Waals surface area contributed by atoms with Crippen molar-refractivity contribution in [2.45, 2.75) is 6.92 Å². The van der Waals surface area contributed by atoms with Crippen LogP contribution in [0.3, 0.4) is 0 Å². The summed E-state index contributed by atoms with van der Waals surface area (Å²) >= 11 is 6.08. The van der Waals surface area contributed by atoms with Crippen molar-refractivity contribution in [2.24, 2.45) is 0 Å². The van der Waals surface area contributed by atoms with Gasteiger partial charge in [-0.25, -0.2) is 14.8 Å². The molecule has 0 spiro atoms. The van der Waals surface area contributed by atoms with Crippen molar-refractivity contribution in [3.8, 4) is 0 Å². The van der Waals surface area contributed by atoms with Crippen molar-refractivity contribution in [1.29, 1.82) is 0 Å². The lowest BCUT2D eigenvalue weighted by Crippen LogP contribution is -2.04. The van der Waals surface area contributed by atoms with Crippen LogP contribution in [0, 0.1) is 0 Å². The van der Waals surface area contributed by atoms with Crippen LogP contribution in [-0.2, 0) is 4.74 Å². The molecule has 0 bridgehead atoms. The molecule has 2 aromatic heterocycles. The zero-order valence-corrected chi connectivity index (χ0v) is 10.9. The maximum atomic E-state index is 11.7. The van der Waals surface area contributed by atoms with Crippen LogP contribution in [0.4, 0.5) is 0 Å². The number of fused-ring (bicyclic) bond motifs is 3. The van der Waals surface area contributed by atoms with E-state index in [1.807, 2.05) is 24.3 Å². The Morgan fingerprint density at radius 1 is 1.37 bits per heavy atom. The Morgan fingerprint density at radius 2 is 2.16 bits per heavy atom. The number of carbonyl (C=O) groups excluding carboxylic acids is 1. The molecule has 96 valence electrons. The van der Waals surface area contributed by atoms with Crippen LogP contribution < -0.4 is 0 Å². The predicted molar refractivity (Wildman–Crippen MR) is 71.5 cm³/mol. The number of benzene rings is 1. The summed E-state index contributed by atoms with van der Waals surface area (Å²) in [6, 6.07) is 7.51. The monoisotopic (exact) mass is 275 g/mol. The Morgan fingerprint density at radius 3 is 2.95 bits per heavy atom. The average molecular weight is 276 g/mol.